The maximum atomic E-state index is 13.4. The fourth-order valence-corrected chi connectivity index (χ4v) is 12.4. The van der Waals surface area contributed by atoms with Crippen LogP contribution >= 0.6 is 23.2 Å². The number of carbonyl (C=O) groups excluding carboxylic acids is 6. The number of carboxylic acids is 1. The molecule has 2 aromatic carbocycles. The van der Waals surface area contributed by atoms with Gasteiger partial charge >= 0.3 is 24.2 Å². The number of halogens is 5. The van der Waals surface area contributed by atoms with Crippen molar-refractivity contribution in [3.8, 4) is 22.3 Å². The lowest BCUT2D eigenvalue weighted by Gasteiger charge is -2.39. The lowest BCUT2D eigenvalue weighted by atomic mass is 10.0. The standard InChI is InChI=1S/C26H24ClFN6O3.C22H18ClN5O4.C10H19NO5S.C9H16FNO2.C9H17NO3.C4H8FN/c1-32-14-20(11-31-32)19-6-18-7-22(25(36)30-9-16-2-4-21(27)5-3-16)26(37)34(24(18)29-10-19)15-23(35)33-12-17(8-28)13-33;1-27-11-16(10-26-27)15-6-14-7-18(21(31)25-8-13-2-4-17(23)5-3-13)22(32)28(12-19(29)30)20(14)24-9-15;1-10(2,3)16-9(12)11-5-8(6-11)7-15-17(4,13)14;1-9(2,3)13-8(12)11-5-7(4-10)6-11;1-9(2,3)13-8(12)10-4-7(5-10)6-11;5-1-4-2-6-3-4/h2-7,10-11,14,17H,8-9,12-13,15H2,1H3,(H,30,36);2-7,9-11H,8,12H2,1H3,(H,25,31)(H,29,30);8H,5-7H2,1-4H3;7H,4-6H2,1-3H3;7,11H,4-6H2,1-3H3;4,6H,1-3H2. The molecule has 38 heteroatoms. The first-order valence-corrected chi connectivity index (χ1v) is 40.4. The number of aliphatic hydroxyl groups is 1. The molecule has 13 rings (SSSR count). The van der Waals surface area contributed by atoms with Crippen molar-refractivity contribution in [1.82, 2.24) is 74.2 Å². The van der Waals surface area contributed by atoms with Gasteiger partial charge in [0.05, 0.1) is 45.3 Å². The third-order valence-electron chi connectivity index (χ3n) is 18.2. The van der Waals surface area contributed by atoms with Crippen LogP contribution < -0.4 is 27.1 Å². The largest absolute Gasteiger partial charge is 0.480 e. The maximum Gasteiger partial charge on any atom is 0.410 e. The molecular weight excluding hydrogens is 1600 g/mol. The molecule has 0 spiro atoms. The number of aromatic nitrogens is 8. The van der Waals surface area contributed by atoms with Gasteiger partial charge in [-0.3, -0.25) is 64.6 Å². The van der Waals surface area contributed by atoms with Crippen LogP contribution in [0.3, 0.4) is 0 Å². The van der Waals surface area contributed by atoms with E-state index in [-0.39, 0.29) is 116 Å². The summed E-state index contributed by atoms with van der Waals surface area (Å²) in [5, 5.41) is 36.9. The van der Waals surface area contributed by atoms with E-state index in [4.69, 9.17) is 42.5 Å². The van der Waals surface area contributed by atoms with E-state index in [1.807, 2.05) is 47.7 Å². The van der Waals surface area contributed by atoms with Crippen LogP contribution in [0.1, 0.15) is 94.2 Å². The van der Waals surface area contributed by atoms with Gasteiger partial charge in [0.2, 0.25) is 5.91 Å². The molecular formula is C80H102Cl2F3N15O17S. The van der Waals surface area contributed by atoms with Crippen LogP contribution in [0.4, 0.5) is 27.6 Å². The maximum absolute atomic E-state index is 13.4. The Labute approximate surface area is 691 Å². The number of alkyl halides is 3. The van der Waals surface area contributed by atoms with Crippen molar-refractivity contribution >= 4 is 97.4 Å². The zero-order valence-electron chi connectivity index (χ0n) is 67.9. The van der Waals surface area contributed by atoms with Gasteiger partial charge in [-0.15, -0.1) is 0 Å². The van der Waals surface area contributed by atoms with Crippen LogP contribution in [0, 0.1) is 29.6 Å². The van der Waals surface area contributed by atoms with Gasteiger partial charge in [0.1, 0.15) is 52.3 Å². The molecule has 0 saturated carbocycles. The second-order valence-electron chi connectivity index (χ2n) is 32.1. The molecule has 6 aromatic heterocycles. The first kappa shape index (κ1) is 93.0. The molecule has 0 atom stereocenters. The van der Waals surface area contributed by atoms with Crippen molar-refractivity contribution in [2.24, 2.45) is 43.7 Å². The average Bonchev–Trinajstić information content (AvgIpc) is 1.03. The Morgan fingerprint density at radius 2 is 0.890 bits per heavy atom. The van der Waals surface area contributed by atoms with Gasteiger partial charge in [-0.25, -0.2) is 24.4 Å². The number of aliphatic carboxylic acids is 1. The number of amides is 6. The molecule has 5 fully saturated rings. The Balaban J connectivity index is 0.000000192. The van der Waals surface area contributed by atoms with Gasteiger partial charge in [-0.1, -0.05) is 47.5 Å². The SMILES string of the molecule is CC(C)(C)OC(=O)N1CC(CF)C1.CC(C)(C)OC(=O)N1CC(CO)C1.CC(C)(C)OC(=O)N1CC(COS(C)(=O)=O)C1.Cn1cc(-c2cnc3c(c2)cc(C(=O)NCc2ccc(Cl)cc2)c(=O)n3CC(=O)N2CC(CF)C2)cn1.Cn1cc(-c2cnc3c(c2)cc(C(=O)NCc2ccc(Cl)cc2)c(=O)n3CC(=O)O)cn1.FCC1CNC1. The number of benzene rings is 2. The van der Waals surface area contributed by atoms with Gasteiger partial charge in [0.15, 0.2) is 0 Å². The van der Waals surface area contributed by atoms with Crippen LogP contribution in [0.25, 0.3) is 44.3 Å². The number of aryl methyl sites for hydroxylation is 2. The van der Waals surface area contributed by atoms with E-state index in [1.54, 1.807) is 135 Å². The Hall–Kier alpha value is -10.5. The molecule has 0 bridgehead atoms. The van der Waals surface area contributed by atoms with Crippen molar-refractivity contribution in [3.05, 3.63) is 163 Å². The van der Waals surface area contributed by atoms with E-state index < -0.39 is 69.0 Å². The second kappa shape index (κ2) is 41.2. The van der Waals surface area contributed by atoms with E-state index in [1.165, 1.54) is 37.6 Å². The zero-order chi connectivity index (χ0) is 86.7. The highest BCUT2D eigenvalue weighted by Gasteiger charge is 2.37. The van der Waals surface area contributed by atoms with Crippen LogP contribution in [0.15, 0.2) is 120 Å². The van der Waals surface area contributed by atoms with Gasteiger partial charge < -0.3 is 60.0 Å². The summed E-state index contributed by atoms with van der Waals surface area (Å²) in [7, 11) is 0.186. The highest BCUT2D eigenvalue weighted by Crippen LogP contribution is 2.28. The number of carbonyl (C=O) groups is 7. The first-order chi connectivity index (χ1) is 55.5. The minimum atomic E-state index is -3.40. The minimum absolute atomic E-state index is 0.0209. The fourth-order valence-electron chi connectivity index (χ4n) is 11.7. The summed E-state index contributed by atoms with van der Waals surface area (Å²) in [4.78, 5) is 126. The molecule has 5 aliphatic rings. The van der Waals surface area contributed by atoms with Crippen LogP contribution in [-0.2, 0) is 78.4 Å². The molecule has 5 N–H and O–H groups in total. The highest BCUT2D eigenvalue weighted by molar-refractivity contribution is 7.86. The predicted octanol–water partition coefficient (Wildman–Crippen LogP) is 8.95. The summed E-state index contributed by atoms with van der Waals surface area (Å²) in [5.74, 6) is -2.24. The van der Waals surface area contributed by atoms with Crippen molar-refractivity contribution in [2.75, 3.05) is 105 Å². The normalized spacial score (nSPS) is 15.0. The molecule has 118 heavy (non-hydrogen) atoms. The summed E-state index contributed by atoms with van der Waals surface area (Å²) in [5.41, 5.74) is 2.13. The molecule has 5 aliphatic heterocycles. The Morgan fingerprint density at radius 3 is 1.20 bits per heavy atom. The number of hydrogen-bond donors (Lipinski definition) is 5. The third-order valence-corrected chi connectivity index (χ3v) is 19.2. The van der Waals surface area contributed by atoms with Crippen molar-refractivity contribution in [3.63, 3.8) is 0 Å². The molecule has 0 unspecified atom stereocenters. The van der Waals surface area contributed by atoms with Crippen LogP contribution in [0.5, 0.6) is 0 Å². The molecule has 11 heterocycles. The Kier molecular flexibility index (Phi) is 32.5. The Morgan fingerprint density at radius 1 is 0.525 bits per heavy atom. The number of nitrogens with zero attached hydrogens (tertiary/aromatic N) is 12. The van der Waals surface area contributed by atoms with Gasteiger partial charge in [0.25, 0.3) is 33.1 Å². The van der Waals surface area contributed by atoms with E-state index in [2.05, 4.69) is 40.3 Å². The number of ether oxygens (including phenoxy) is 3. The molecule has 640 valence electrons. The zero-order valence-corrected chi connectivity index (χ0v) is 70.2. The summed E-state index contributed by atoms with van der Waals surface area (Å²) in [6.45, 7) is 20.7. The third kappa shape index (κ3) is 28.1. The highest BCUT2D eigenvalue weighted by atomic mass is 35.5. The fraction of sp³-hybridized carbons (Fsp3) is 0.487. The smallest absolute Gasteiger partial charge is 0.410 e. The number of rotatable bonds is 19. The minimum Gasteiger partial charge on any atom is -0.480 e. The van der Waals surface area contributed by atoms with Gasteiger partial charge in [-0.2, -0.15) is 18.6 Å². The monoisotopic (exact) mass is 1700 g/mol. The van der Waals surface area contributed by atoms with E-state index >= 15 is 0 Å². The van der Waals surface area contributed by atoms with Crippen molar-refractivity contribution in [2.45, 2.75) is 105 Å². The topological polar surface area (TPSA) is 385 Å². The molecule has 6 amide bonds. The number of aliphatic hydroxyl groups excluding tert-OH is 1. The van der Waals surface area contributed by atoms with Crippen LogP contribution in [-0.4, -0.2) is 241 Å². The van der Waals surface area contributed by atoms with Crippen LogP contribution in [0.2, 0.25) is 10.0 Å². The summed E-state index contributed by atoms with van der Waals surface area (Å²) in [6, 6.07) is 20.4. The van der Waals surface area contributed by atoms with E-state index in [0.29, 0.717) is 79.1 Å². The number of nitrogens with one attached hydrogen (secondary N) is 3. The number of pyridine rings is 4. The van der Waals surface area contributed by atoms with E-state index in [9.17, 15) is 69.8 Å². The molecule has 0 aliphatic carbocycles. The summed E-state index contributed by atoms with van der Waals surface area (Å²) < 4.78 is 83.3. The number of fused-ring (bicyclic) bond motifs is 2. The van der Waals surface area contributed by atoms with E-state index in [0.717, 1.165) is 57.3 Å². The summed E-state index contributed by atoms with van der Waals surface area (Å²) >= 11 is 11.8. The molecule has 32 nitrogen and oxygen atoms in total. The Bertz CT molecular complexity index is 5020. The quantitative estimate of drug-likeness (QED) is 0.0372. The predicted molar refractivity (Wildman–Crippen MR) is 435 cm³/mol. The number of carboxylic acid groups (broad SMARTS) is 1. The number of hydrogen-bond acceptors (Lipinski definition) is 21. The summed E-state index contributed by atoms with van der Waals surface area (Å²) in [6.07, 6.45) is 10.1. The first-order valence-electron chi connectivity index (χ1n) is 37.9. The lowest BCUT2D eigenvalue weighted by Crippen LogP contribution is -2.53. The van der Waals surface area contributed by atoms with Gasteiger partial charge in [0, 0.05) is 197 Å². The molecule has 8 aromatic rings. The molecule has 0 radical (unpaired) electrons. The van der Waals surface area contributed by atoms with Gasteiger partial charge in [-0.05, 0) is 122 Å². The lowest BCUT2D eigenvalue weighted by molar-refractivity contribution is -0.139. The molecule has 5 saturated heterocycles. The average molecular weight is 1710 g/mol. The van der Waals surface area contributed by atoms with Crippen molar-refractivity contribution in [1.29, 1.82) is 0 Å². The van der Waals surface area contributed by atoms with Crippen molar-refractivity contribution < 1.29 is 83.8 Å². The number of likely N-dealkylation sites (tertiary alicyclic amines) is 4. The second-order valence-corrected chi connectivity index (χ2v) is 34.6.